The summed E-state index contributed by atoms with van der Waals surface area (Å²) in [6.45, 7) is 5.07. The van der Waals surface area contributed by atoms with Crippen LogP contribution in [0.3, 0.4) is 0 Å². The van der Waals surface area contributed by atoms with Crippen LogP contribution in [0.5, 0.6) is 0 Å². The van der Waals surface area contributed by atoms with Crippen molar-refractivity contribution in [1.82, 2.24) is 0 Å². The van der Waals surface area contributed by atoms with Crippen molar-refractivity contribution in [3.05, 3.63) is 0 Å². The van der Waals surface area contributed by atoms with Gasteiger partial charge in [-0.25, -0.2) is 0 Å². The van der Waals surface area contributed by atoms with Crippen LogP contribution in [0.1, 0.15) is 26.7 Å². The fraction of sp³-hybridized carbons (Fsp3) is 1.00. The Morgan fingerprint density at radius 1 is 0.941 bits per heavy atom. The minimum absolute atomic E-state index is 0.358. The van der Waals surface area contributed by atoms with Crippen LogP contribution in [-0.2, 0) is 9.47 Å². The van der Waals surface area contributed by atoms with Gasteiger partial charge in [0.2, 0.25) is 0 Å². The van der Waals surface area contributed by atoms with Crippen LogP contribution in [0, 0.1) is 5.41 Å². The van der Waals surface area contributed by atoms with E-state index in [-0.39, 0.29) is 0 Å². The van der Waals surface area contributed by atoms with Crippen LogP contribution in [-0.4, -0.2) is 49.1 Å². The summed E-state index contributed by atoms with van der Waals surface area (Å²) in [6, 6.07) is 0. The van der Waals surface area contributed by atoms with Crippen LogP contribution in [0.2, 0.25) is 0 Å². The van der Waals surface area contributed by atoms with E-state index in [9.17, 15) is 10.2 Å². The molecule has 0 saturated carbocycles. The molecule has 0 rings (SSSR count). The molecular weight excluding hydrogens is 224 g/mol. The van der Waals surface area contributed by atoms with Crippen LogP contribution in [0.15, 0.2) is 0 Å². The highest BCUT2D eigenvalue weighted by molar-refractivity contribution is 4.75. The Morgan fingerprint density at radius 2 is 1.29 bits per heavy atom. The van der Waals surface area contributed by atoms with Gasteiger partial charge in [0.05, 0.1) is 18.6 Å². The Kier molecular flexibility index (Phi) is 8.67. The topological polar surface area (TPSA) is 111 Å². The third kappa shape index (κ3) is 6.30. The van der Waals surface area contributed by atoms with Crippen LogP contribution < -0.4 is 11.5 Å². The Morgan fingerprint density at radius 3 is 1.59 bits per heavy atom. The van der Waals surface area contributed by atoms with E-state index >= 15 is 0 Å². The van der Waals surface area contributed by atoms with Gasteiger partial charge in [-0.2, -0.15) is 0 Å². The van der Waals surface area contributed by atoms with Crippen molar-refractivity contribution in [1.29, 1.82) is 0 Å². The van der Waals surface area contributed by atoms with E-state index in [0.717, 1.165) is 0 Å². The fourth-order valence-corrected chi connectivity index (χ4v) is 1.11. The van der Waals surface area contributed by atoms with E-state index in [1.807, 2.05) is 0 Å². The molecule has 0 saturated heterocycles. The lowest BCUT2D eigenvalue weighted by molar-refractivity contribution is -0.256. The first-order valence-corrected chi connectivity index (χ1v) is 5.96. The molecule has 104 valence electrons. The molecule has 6 N–H and O–H groups in total. The molecule has 0 aromatic carbocycles. The zero-order valence-corrected chi connectivity index (χ0v) is 10.8. The van der Waals surface area contributed by atoms with Gasteiger partial charge in [0.1, 0.15) is 0 Å². The first-order valence-electron chi connectivity index (χ1n) is 5.96. The van der Waals surface area contributed by atoms with Crippen molar-refractivity contribution in [3.8, 4) is 0 Å². The van der Waals surface area contributed by atoms with Gasteiger partial charge in [-0.05, 0) is 25.9 Å². The number of nitrogens with two attached hydrogens (primary N) is 2. The molecule has 0 amide bonds. The molecule has 0 aromatic heterocycles. The van der Waals surface area contributed by atoms with E-state index < -0.39 is 18.0 Å². The third-order valence-electron chi connectivity index (χ3n) is 2.52. The minimum atomic E-state index is -1.10. The normalized spacial score (nSPS) is 15.9. The number of hydrogen-bond donors (Lipinski definition) is 4. The van der Waals surface area contributed by atoms with Gasteiger partial charge < -0.3 is 31.2 Å². The highest BCUT2D eigenvalue weighted by atomic mass is 16.6. The predicted octanol–water partition coefficient (Wildman–Crippen LogP) is -0.620. The summed E-state index contributed by atoms with van der Waals surface area (Å²) in [6.07, 6.45) is -0.863. The lowest BCUT2D eigenvalue weighted by atomic mass is 9.91. The second-order valence-corrected chi connectivity index (χ2v) is 4.55. The summed E-state index contributed by atoms with van der Waals surface area (Å²) in [5.74, 6) is 0. The van der Waals surface area contributed by atoms with Gasteiger partial charge in [-0.1, -0.05) is 13.8 Å². The molecule has 0 aliphatic carbocycles. The van der Waals surface area contributed by atoms with Crippen molar-refractivity contribution < 1.29 is 19.7 Å². The third-order valence-corrected chi connectivity index (χ3v) is 2.52. The first-order chi connectivity index (χ1) is 7.96. The Labute approximate surface area is 103 Å². The molecule has 0 spiro atoms. The number of aliphatic hydroxyl groups excluding tert-OH is 2. The highest BCUT2D eigenvalue weighted by Gasteiger charge is 2.37. The van der Waals surface area contributed by atoms with E-state index in [0.29, 0.717) is 39.1 Å². The van der Waals surface area contributed by atoms with E-state index in [2.05, 4.69) is 0 Å². The molecule has 0 aliphatic rings. The summed E-state index contributed by atoms with van der Waals surface area (Å²) < 4.78 is 10.4. The summed E-state index contributed by atoms with van der Waals surface area (Å²) >= 11 is 0. The Hall–Kier alpha value is -0.240. The SMILES string of the molecule is CC(C)(C(O)OCCCN)C(O)OCCCN. The largest absolute Gasteiger partial charge is 0.367 e. The van der Waals surface area contributed by atoms with Crippen LogP contribution in [0.25, 0.3) is 0 Å². The van der Waals surface area contributed by atoms with E-state index in [4.69, 9.17) is 20.9 Å². The maximum atomic E-state index is 9.80. The van der Waals surface area contributed by atoms with Crippen LogP contribution in [0.4, 0.5) is 0 Å². The number of rotatable bonds is 10. The molecule has 6 heteroatoms. The maximum Gasteiger partial charge on any atom is 0.164 e. The van der Waals surface area contributed by atoms with E-state index in [1.165, 1.54) is 0 Å². The molecule has 6 nitrogen and oxygen atoms in total. The standard InChI is InChI=1S/C11H26N2O4/c1-11(2,9(14)16-7-3-5-12)10(15)17-8-4-6-13/h9-10,14-15H,3-8,12-13H2,1-2H3. The minimum Gasteiger partial charge on any atom is -0.367 e. The van der Waals surface area contributed by atoms with Crippen molar-refractivity contribution in [2.75, 3.05) is 26.3 Å². The molecule has 0 aliphatic heterocycles. The smallest absolute Gasteiger partial charge is 0.164 e. The second kappa shape index (κ2) is 8.79. The molecule has 0 bridgehead atoms. The van der Waals surface area contributed by atoms with Crippen molar-refractivity contribution in [2.24, 2.45) is 16.9 Å². The number of aliphatic hydroxyl groups is 2. The fourth-order valence-electron chi connectivity index (χ4n) is 1.11. The van der Waals surface area contributed by atoms with Gasteiger partial charge in [-0.3, -0.25) is 0 Å². The van der Waals surface area contributed by atoms with Crippen LogP contribution >= 0.6 is 0 Å². The zero-order chi connectivity index (χ0) is 13.3. The first kappa shape index (κ1) is 16.8. The van der Waals surface area contributed by atoms with Gasteiger partial charge in [0.15, 0.2) is 12.6 Å². The molecule has 0 aromatic rings. The summed E-state index contributed by atoms with van der Waals surface area (Å²) in [4.78, 5) is 0. The summed E-state index contributed by atoms with van der Waals surface area (Å²) in [5, 5.41) is 19.6. The molecule has 2 atom stereocenters. The van der Waals surface area contributed by atoms with Crippen molar-refractivity contribution in [2.45, 2.75) is 39.3 Å². The lowest BCUT2D eigenvalue weighted by Gasteiger charge is -2.34. The average molecular weight is 250 g/mol. The van der Waals surface area contributed by atoms with Crippen molar-refractivity contribution in [3.63, 3.8) is 0 Å². The number of ether oxygens (including phenoxy) is 2. The van der Waals surface area contributed by atoms with Gasteiger partial charge in [0.25, 0.3) is 0 Å². The summed E-state index contributed by atoms with van der Waals surface area (Å²) in [7, 11) is 0. The molecule has 0 heterocycles. The van der Waals surface area contributed by atoms with Crippen molar-refractivity contribution >= 4 is 0 Å². The highest BCUT2D eigenvalue weighted by Crippen LogP contribution is 2.27. The van der Waals surface area contributed by atoms with Gasteiger partial charge >= 0.3 is 0 Å². The average Bonchev–Trinajstić information content (AvgIpc) is 2.29. The molecule has 0 radical (unpaired) electrons. The molecule has 2 unspecified atom stereocenters. The Bertz CT molecular complexity index is 172. The van der Waals surface area contributed by atoms with Gasteiger partial charge in [0, 0.05) is 0 Å². The zero-order valence-electron chi connectivity index (χ0n) is 10.8. The molecular formula is C11H26N2O4. The predicted molar refractivity (Wildman–Crippen MR) is 65.0 cm³/mol. The van der Waals surface area contributed by atoms with E-state index in [1.54, 1.807) is 13.8 Å². The maximum absolute atomic E-state index is 9.80. The summed E-state index contributed by atoms with van der Waals surface area (Å²) in [5.41, 5.74) is 9.73. The molecule has 17 heavy (non-hydrogen) atoms. The monoisotopic (exact) mass is 250 g/mol. The number of hydrogen-bond acceptors (Lipinski definition) is 6. The second-order valence-electron chi connectivity index (χ2n) is 4.55. The van der Waals surface area contributed by atoms with Gasteiger partial charge in [-0.15, -0.1) is 0 Å². The lowest BCUT2D eigenvalue weighted by Crippen LogP contribution is -2.43. The Balaban J connectivity index is 4.03. The quantitative estimate of drug-likeness (QED) is 0.304. The molecule has 0 fully saturated rings.